The predicted molar refractivity (Wildman–Crippen MR) is 164 cm³/mol. The zero-order valence-electron chi connectivity index (χ0n) is 22.9. The van der Waals surface area contributed by atoms with E-state index < -0.39 is 11.6 Å². The summed E-state index contributed by atoms with van der Waals surface area (Å²) in [6, 6.07) is 9.54. The van der Waals surface area contributed by atoms with Crippen molar-refractivity contribution in [2.45, 2.75) is 75.7 Å². The average Bonchev–Trinajstić information content (AvgIpc) is 3.79. The molecule has 1 aromatic carbocycles. The van der Waals surface area contributed by atoms with E-state index in [1.165, 1.54) is 33.8 Å². The molecule has 1 atom stereocenters. The van der Waals surface area contributed by atoms with Crippen LogP contribution in [0, 0.1) is 0 Å². The van der Waals surface area contributed by atoms with Gasteiger partial charge in [-0.25, -0.2) is 9.48 Å². The summed E-state index contributed by atoms with van der Waals surface area (Å²) < 4.78 is 8.81. The smallest absolute Gasteiger partial charge is 0.349 e. The van der Waals surface area contributed by atoms with Crippen molar-refractivity contribution in [2.75, 3.05) is 13.6 Å². The van der Waals surface area contributed by atoms with Crippen LogP contribution in [0.5, 0.6) is 0 Å². The second kappa shape index (κ2) is 12.0. The zero-order valence-corrected chi connectivity index (χ0v) is 26.1. The number of thiophene rings is 2. The summed E-state index contributed by atoms with van der Waals surface area (Å²) in [4.78, 5) is 28.5. The van der Waals surface area contributed by atoms with Gasteiger partial charge in [0.25, 0.3) is 0 Å². The molecule has 4 aromatic rings. The molecule has 0 amide bonds. The van der Waals surface area contributed by atoms with Crippen molar-refractivity contribution in [3.8, 4) is 0 Å². The van der Waals surface area contributed by atoms with Gasteiger partial charge in [-0.15, -0.1) is 27.8 Å². The van der Waals surface area contributed by atoms with Gasteiger partial charge >= 0.3 is 5.97 Å². The van der Waals surface area contributed by atoms with E-state index in [4.69, 9.17) is 4.74 Å². The van der Waals surface area contributed by atoms with Gasteiger partial charge in [-0.05, 0) is 122 Å². The van der Waals surface area contributed by atoms with Gasteiger partial charge in [0.2, 0.25) is 5.60 Å². The van der Waals surface area contributed by atoms with Crippen molar-refractivity contribution in [3.63, 3.8) is 0 Å². The summed E-state index contributed by atoms with van der Waals surface area (Å²) in [5.41, 5.74) is 3.28. The third kappa shape index (κ3) is 5.54. The van der Waals surface area contributed by atoms with Crippen LogP contribution in [0.15, 0.2) is 39.5 Å². The van der Waals surface area contributed by atoms with Crippen LogP contribution in [0.2, 0.25) is 0 Å². The number of aldehydes is 1. The highest BCUT2D eigenvalue weighted by Crippen LogP contribution is 2.40. The fourth-order valence-corrected chi connectivity index (χ4v) is 8.73. The summed E-state index contributed by atoms with van der Waals surface area (Å²) >= 11 is 6.14. The third-order valence-corrected chi connectivity index (χ3v) is 11.3. The maximum absolute atomic E-state index is 13.4. The average molecular weight is 658 g/mol. The quantitative estimate of drug-likeness (QED) is 0.172. The molecule has 0 saturated heterocycles. The summed E-state index contributed by atoms with van der Waals surface area (Å²) in [5.74, 6) is -0.599. The van der Waals surface area contributed by atoms with E-state index in [-0.39, 0.29) is 6.10 Å². The Labute approximate surface area is 255 Å². The number of fused-ring (bicyclic) bond motifs is 3. The maximum atomic E-state index is 13.4. The Morgan fingerprint density at radius 3 is 2.73 bits per heavy atom. The molecule has 3 heterocycles. The minimum Gasteiger partial charge on any atom is -0.460 e. The first kappa shape index (κ1) is 28.7. The van der Waals surface area contributed by atoms with Crippen LogP contribution < -0.4 is 0 Å². The van der Waals surface area contributed by atoms with E-state index in [0.29, 0.717) is 15.8 Å². The Balaban J connectivity index is 1.03. The lowest BCUT2D eigenvalue weighted by Gasteiger charge is -2.35. The first-order valence-electron chi connectivity index (χ1n) is 14.1. The Hall–Kier alpha value is -2.44. The molecule has 1 N–H and O–H groups in total. The lowest BCUT2D eigenvalue weighted by atomic mass is 9.91. The molecule has 0 aliphatic heterocycles. The molecule has 0 radical (unpaired) electrons. The number of carbonyl (C=O) groups is 2. The number of ether oxygens (including phenoxy) is 1. The number of halogens is 1. The van der Waals surface area contributed by atoms with E-state index in [1.54, 1.807) is 12.1 Å². The lowest BCUT2D eigenvalue weighted by Crippen LogP contribution is -2.42. The van der Waals surface area contributed by atoms with Crippen LogP contribution in [0.25, 0.3) is 11.0 Å². The van der Waals surface area contributed by atoms with Gasteiger partial charge in [-0.2, -0.15) is 0 Å². The second-order valence-electron chi connectivity index (χ2n) is 11.0. The van der Waals surface area contributed by atoms with Crippen LogP contribution in [-0.2, 0) is 34.5 Å². The van der Waals surface area contributed by atoms with Crippen molar-refractivity contribution in [2.24, 2.45) is 0 Å². The minimum atomic E-state index is -1.79. The molecule has 1 saturated carbocycles. The fraction of sp³-hybridized carbons (Fsp3) is 0.467. The normalized spacial score (nSPS) is 20.3. The highest BCUT2D eigenvalue weighted by Gasteiger charge is 2.45. The highest BCUT2D eigenvalue weighted by atomic mass is 79.9. The summed E-state index contributed by atoms with van der Waals surface area (Å²) in [7, 11) is 2.16. The topological polar surface area (TPSA) is 97.5 Å². The molecule has 3 aromatic heterocycles. The molecule has 0 spiro atoms. The number of esters is 1. The SMILES string of the molecule is CN(CCCn1nnc2cc(C=O)c3c(c21)CCC3)C1CCC(OC(=O)[C@@](O)(c2cccs2)c2ccc(Br)s2)CC1. The number of carbonyl (C=O) groups excluding carboxylic acids is 2. The molecule has 2 aliphatic carbocycles. The molecule has 2 aliphatic rings. The Kier molecular flexibility index (Phi) is 8.42. The number of hydrogen-bond donors (Lipinski definition) is 1. The number of rotatable bonds is 10. The molecular formula is C30H33BrN4O4S2. The summed E-state index contributed by atoms with van der Waals surface area (Å²) in [6.07, 6.45) is 8.09. The molecule has 8 nitrogen and oxygen atoms in total. The number of hydrogen-bond acceptors (Lipinski definition) is 9. The largest absolute Gasteiger partial charge is 0.460 e. The molecule has 11 heteroatoms. The molecule has 0 bridgehead atoms. The first-order valence-corrected chi connectivity index (χ1v) is 16.6. The molecule has 6 rings (SSSR count). The van der Waals surface area contributed by atoms with E-state index in [0.717, 1.165) is 91.1 Å². The van der Waals surface area contributed by atoms with E-state index in [1.807, 2.05) is 28.3 Å². The number of benzene rings is 1. The van der Waals surface area contributed by atoms with Crippen LogP contribution in [0.3, 0.4) is 0 Å². The molecule has 0 unspecified atom stereocenters. The van der Waals surface area contributed by atoms with Crippen LogP contribution in [-0.4, -0.2) is 63.0 Å². The molecule has 41 heavy (non-hydrogen) atoms. The Bertz CT molecular complexity index is 1540. The molecular weight excluding hydrogens is 624 g/mol. The second-order valence-corrected chi connectivity index (χ2v) is 14.4. The van der Waals surface area contributed by atoms with Gasteiger partial charge in [0, 0.05) is 18.2 Å². The van der Waals surface area contributed by atoms with Gasteiger partial charge < -0.3 is 14.7 Å². The number of aliphatic hydroxyl groups is 1. The van der Waals surface area contributed by atoms with Gasteiger partial charge in [-0.1, -0.05) is 11.3 Å². The van der Waals surface area contributed by atoms with Crippen LogP contribution in [0.1, 0.15) is 69.8 Å². The van der Waals surface area contributed by atoms with Crippen LogP contribution in [0.4, 0.5) is 0 Å². The molecule has 216 valence electrons. The monoisotopic (exact) mass is 656 g/mol. The summed E-state index contributed by atoms with van der Waals surface area (Å²) in [5, 5.41) is 22.2. The zero-order chi connectivity index (χ0) is 28.6. The van der Waals surface area contributed by atoms with Crippen molar-refractivity contribution in [3.05, 3.63) is 65.9 Å². The van der Waals surface area contributed by atoms with Crippen molar-refractivity contribution in [1.29, 1.82) is 0 Å². The molecule has 1 fully saturated rings. The van der Waals surface area contributed by atoms with E-state index in [2.05, 4.69) is 38.2 Å². The predicted octanol–water partition coefficient (Wildman–Crippen LogP) is 5.73. The van der Waals surface area contributed by atoms with E-state index >= 15 is 0 Å². The van der Waals surface area contributed by atoms with Crippen molar-refractivity contribution in [1.82, 2.24) is 19.9 Å². The fourth-order valence-electron chi connectivity index (χ4n) is 6.36. The Morgan fingerprint density at radius 1 is 1.22 bits per heavy atom. The van der Waals surface area contributed by atoms with Crippen molar-refractivity contribution >= 4 is 61.9 Å². The number of nitrogens with zero attached hydrogens (tertiary/aromatic N) is 4. The standard InChI is InChI=1S/C30H33BrN4O4S2/c1-34(14-4-15-35-28-23-6-2-5-22(23)19(18-36)17-24(28)32-33-35)20-8-10-21(11-9-20)39-29(37)30(38,25-7-3-16-40-25)26-12-13-27(31)41-26/h3,7,12-13,16-18,20-21,38H,2,4-6,8-11,14-15H2,1H3/t20?,21?,30-/m1/s1. The highest BCUT2D eigenvalue weighted by molar-refractivity contribution is 9.11. The van der Waals surface area contributed by atoms with Gasteiger partial charge in [0.15, 0.2) is 0 Å². The first-order chi connectivity index (χ1) is 19.9. The Morgan fingerprint density at radius 2 is 2.02 bits per heavy atom. The number of aromatic nitrogens is 3. The van der Waals surface area contributed by atoms with Gasteiger partial charge in [0.05, 0.1) is 19.1 Å². The lowest BCUT2D eigenvalue weighted by molar-refractivity contribution is -0.169. The maximum Gasteiger partial charge on any atom is 0.349 e. The minimum absolute atomic E-state index is 0.207. The van der Waals surface area contributed by atoms with Crippen LogP contribution >= 0.6 is 38.6 Å². The van der Waals surface area contributed by atoms with Gasteiger partial charge in [-0.3, -0.25) is 4.79 Å². The summed E-state index contributed by atoms with van der Waals surface area (Å²) in [6.45, 7) is 1.71. The van der Waals surface area contributed by atoms with Crippen molar-refractivity contribution < 1.29 is 19.4 Å². The number of aryl methyl sites for hydroxylation is 2. The van der Waals surface area contributed by atoms with E-state index in [9.17, 15) is 14.7 Å². The van der Waals surface area contributed by atoms with Gasteiger partial charge in [0.1, 0.15) is 17.9 Å². The third-order valence-electron chi connectivity index (χ3n) is 8.56.